The topological polar surface area (TPSA) is 52.3 Å². The Morgan fingerprint density at radius 3 is 2.81 bits per heavy atom. The van der Waals surface area contributed by atoms with Crippen LogP contribution in [-0.4, -0.2) is 18.9 Å². The van der Waals surface area contributed by atoms with Gasteiger partial charge in [-0.3, -0.25) is 4.79 Å². The first-order valence-electron chi connectivity index (χ1n) is 5.69. The number of rotatable bonds is 5. The van der Waals surface area contributed by atoms with Gasteiger partial charge >= 0.3 is 0 Å². The maximum Gasteiger partial charge on any atom is 0.170 e. The zero-order valence-electron chi connectivity index (χ0n) is 9.53. The summed E-state index contributed by atoms with van der Waals surface area (Å²) in [6, 6.07) is 7.36. The Balaban J connectivity index is 2.20. The van der Waals surface area contributed by atoms with Crippen LogP contribution in [-0.2, 0) is 0 Å². The Bertz CT molecular complexity index is 397. The predicted octanol–water partition coefficient (Wildman–Crippen LogP) is 2.01. The van der Waals surface area contributed by atoms with E-state index in [-0.39, 0.29) is 11.2 Å². The van der Waals surface area contributed by atoms with Gasteiger partial charge in [0, 0.05) is 17.5 Å². The summed E-state index contributed by atoms with van der Waals surface area (Å²) in [6.07, 6.45) is 1.84. The van der Waals surface area contributed by atoms with Crippen molar-refractivity contribution in [2.24, 2.45) is 11.1 Å². The maximum atomic E-state index is 12.2. The van der Waals surface area contributed by atoms with Gasteiger partial charge in [0.1, 0.15) is 5.75 Å². The van der Waals surface area contributed by atoms with Crippen molar-refractivity contribution in [2.45, 2.75) is 19.8 Å². The van der Waals surface area contributed by atoms with Gasteiger partial charge in [0.25, 0.3) is 0 Å². The van der Waals surface area contributed by atoms with Crippen molar-refractivity contribution in [1.82, 2.24) is 0 Å². The van der Waals surface area contributed by atoms with Crippen LogP contribution < -0.4 is 10.5 Å². The number of hydrogen-bond acceptors (Lipinski definition) is 3. The van der Waals surface area contributed by atoms with Crippen LogP contribution in [0, 0.1) is 5.41 Å². The summed E-state index contributed by atoms with van der Waals surface area (Å²) in [4.78, 5) is 12.2. The van der Waals surface area contributed by atoms with Crippen molar-refractivity contribution in [2.75, 3.05) is 13.2 Å². The largest absolute Gasteiger partial charge is 0.494 e. The lowest BCUT2D eigenvalue weighted by atomic mass is 9.95. The summed E-state index contributed by atoms with van der Waals surface area (Å²) in [5, 5.41) is 0. The van der Waals surface area contributed by atoms with Crippen LogP contribution in [0.25, 0.3) is 0 Å². The maximum absolute atomic E-state index is 12.2. The second kappa shape index (κ2) is 4.26. The third kappa shape index (κ3) is 1.95. The zero-order chi connectivity index (χ0) is 11.6. The fourth-order valence-electron chi connectivity index (χ4n) is 1.87. The van der Waals surface area contributed by atoms with Gasteiger partial charge in [0.05, 0.1) is 6.61 Å². The van der Waals surface area contributed by atoms with E-state index >= 15 is 0 Å². The van der Waals surface area contributed by atoms with E-state index in [9.17, 15) is 4.79 Å². The smallest absolute Gasteiger partial charge is 0.170 e. The highest BCUT2D eigenvalue weighted by atomic mass is 16.5. The molecule has 16 heavy (non-hydrogen) atoms. The van der Waals surface area contributed by atoms with E-state index in [1.165, 1.54) is 0 Å². The normalized spacial score (nSPS) is 16.9. The lowest BCUT2D eigenvalue weighted by Gasteiger charge is -2.11. The Kier molecular flexibility index (Phi) is 2.97. The van der Waals surface area contributed by atoms with E-state index in [0.29, 0.717) is 18.7 Å². The average molecular weight is 219 g/mol. The Hall–Kier alpha value is -1.35. The average Bonchev–Trinajstić information content (AvgIpc) is 3.10. The van der Waals surface area contributed by atoms with E-state index in [0.717, 1.165) is 18.6 Å². The third-order valence-electron chi connectivity index (χ3n) is 3.13. The quantitative estimate of drug-likeness (QED) is 0.771. The molecule has 0 radical (unpaired) electrons. The second-order valence-electron chi connectivity index (χ2n) is 4.27. The number of hydrogen-bond donors (Lipinski definition) is 1. The number of ketones is 1. The minimum absolute atomic E-state index is 0.163. The van der Waals surface area contributed by atoms with Gasteiger partial charge in [-0.05, 0) is 31.9 Å². The van der Waals surface area contributed by atoms with Crippen molar-refractivity contribution >= 4 is 5.78 Å². The summed E-state index contributed by atoms with van der Waals surface area (Å²) in [5.41, 5.74) is 6.10. The van der Waals surface area contributed by atoms with Crippen molar-refractivity contribution in [1.29, 1.82) is 0 Å². The van der Waals surface area contributed by atoms with Crippen molar-refractivity contribution in [3.63, 3.8) is 0 Å². The highest BCUT2D eigenvalue weighted by Gasteiger charge is 2.48. The fraction of sp³-hybridized carbons (Fsp3) is 0.462. The van der Waals surface area contributed by atoms with Crippen LogP contribution >= 0.6 is 0 Å². The van der Waals surface area contributed by atoms with E-state index in [2.05, 4.69) is 0 Å². The number of carbonyl (C=O) groups excluding carboxylic acids is 1. The van der Waals surface area contributed by atoms with Crippen LogP contribution in [0.1, 0.15) is 30.1 Å². The van der Waals surface area contributed by atoms with Crippen molar-refractivity contribution in [3.05, 3.63) is 29.8 Å². The first-order valence-corrected chi connectivity index (χ1v) is 5.69. The van der Waals surface area contributed by atoms with E-state index < -0.39 is 0 Å². The first-order chi connectivity index (χ1) is 7.72. The molecule has 0 unspecified atom stereocenters. The standard InChI is InChI=1S/C13H17NO2/c1-2-16-11-5-3-4-10(8-11)12(15)13(9-14)6-7-13/h3-5,8H,2,6-7,9,14H2,1H3. The molecule has 0 heterocycles. The Labute approximate surface area is 95.6 Å². The summed E-state index contributed by atoms with van der Waals surface area (Å²) in [7, 11) is 0. The minimum atomic E-state index is -0.273. The van der Waals surface area contributed by atoms with Gasteiger partial charge in [-0.15, -0.1) is 0 Å². The van der Waals surface area contributed by atoms with Crippen molar-refractivity contribution in [3.8, 4) is 5.75 Å². The Morgan fingerprint density at radius 2 is 2.25 bits per heavy atom. The molecule has 86 valence electrons. The molecule has 0 amide bonds. The summed E-state index contributed by atoms with van der Waals surface area (Å²) >= 11 is 0. The lowest BCUT2D eigenvalue weighted by molar-refractivity contribution is 0.0905. The summed E-state index contributed by atoms with van der Waals surface area (Å²) < 4.78 is 5.38. The molecule has 0 saturated heterocycles. The van der Waals surface area contributed by atoms with E-state index in [4.69, 9.17) is 10.5 Å². The van der Waals surface area contributed by atoms with Gasteiger partial charge in [-0.25, -0.2) is 0 Å². The molecule has 0 bridgehead atoms. The van der Waals surface area contributed by atoms with E-state index in [1.54, 1.807) is 0 Å². The van der Waals surface area contributed by atoms with Gasteiger partial charge in [-0.2, -0.15) is 0 Å². The van der Waals surface area contributed by atoms with Crippen LogP contribution in [0.4, 0.5) is 0 Å². The van der Waals surface area contributed by atoms with Crippen LogP contribution in [0.3, 0.4) is 0 Å². The monoisotopic (exact) mass is 219 g/mol. The second-order valence-corrected chi connectivity index (χ2v) is 4.27. The fourth-order valence-corrected chi connectivity index (χ4v) is 1.87. The van der Waals surface area contributed by atoms with E-state index in [1.807, 2.05) is 31.2 Å². The SMILES string of the molecule is CCOc1cccc(C(=O)C2(CN)CC2)c1. The van der Waals surface area contributed by atoms with Gasteiger partial charge < -0.3 is 10.5 Å². The molecule has 1 aromatic rings. The number of Topliss-reactive ketones (excluding diaryl/α,β-unsaturated/α-hetero) is 1. The molecular weight excluding hydrogens is 202 g/mol. The molecule has 3 nitrogen and oxygen atoms in total. The molecule has 1 aromatic carbocycles. The molecule has 0 aromatic heterocycles. The van der Waals surface area contributed by atoms with Crippen LogP contribution in [0.5, 0.6) is 5.75 Å². The molecular formula is C13H17NO2. The molecule has 1 saturated carbocycles. The molecule has 3 heteroatoms. The number of ether oxygens (including phenoxy) is 1. The number of benzene rings is 1. The highest BCUT2D eigenvalue weighted by Crippen LogP contribution is 2.47. The third-order valence-corrected chi connectivity index (χ3v) is 3.13. The first kappa shape index (κ1) is 11.1. The molecule has 0 atom stereocenters. The van der Waals surface area contributed by atoms with Crippen molar-refractivity contribution < 1.29 is 9.53 Å². The van der Waals surface area contributed by atoms with Gasteiger partial charge in [0.2, 0.25) is 0 Å². The highest BCUT2D eigenvalue weighted by molar-refractivity contribution is 6.02. The zero-order valence-corrected chi connectivity index (χ0v) is 9.53. The molecule has 2 rings (SSSR count). The molecule has 1 aliphatic carbocycles. The molecule has 0 spiro atoms. The summed E-state index contributed by atoms with van der Waals surface area (Å²) in [6.45, 7) is 2.99. The lowest BCUT2D eigenvalue weighted by Crippen LogP contribution is -2.25. The summed E-state index contributed by atoms with van der Waals surface area (Å²) in [5.74, 6) is 0.915. The van der Waals surface area contributed by atoms with Crippen LogP contribution in [0.2, 0.25) is 0 Å². The molecule has 1 aliphatic rings. The molecule has 0 aliphatic heterocycles. The molecule has 2 N–H and O–H groups in total. The number of carbonyl (C=O) groups is 1. The Morgan fingerprint density at radius 1 is 1.50 bits per heavy atom. The van der Waals surface area contributed by atoms with Crippen LogP contribution in [0.15, 0.2) is 24.3 Å². The van der Waals surface area contributed by atoms with Gasteiger partial charge in [-0.1, -0.05) is 12.1 Å². The minimum Gasteiger partial charge on any atom is -0.494 e. The predicted molar refractivity (Wildman–Crippen MR) is 62.7 cm³/mol. The van der Waals surface area contributed by atoms with Gasteiger partial charge in [0.15, 0.2) is 5.78 Å². The molecule has 1 fully saturated rings. The number of nitrogens with two attached hydrogens (primary N) is 1.